The van der Waals surface area contributed by atoms with Crippen molar-refractivity contribution in [2.75, 3.05) is 5.52 Å². The Morgan fingerprint density at radius 1 is 0.905 bits per heavy atom. The van der Waals surface area contributed by atoms with Crippen LogP contribution >= 0.6 is 15.9 Å². The Kier molecular flexibility index (Phi) is 4.23. The molecule has 0 aliphatic carbocycles. The summed E-state index contributed by atoms with van der Waals surface area (Å²) < 4.78 is 5.64. The monoisotopic (exact) mass is 342 g/mol. The van der Waals surface area contributed by atoms with Gasteiger partial charge in [-0.2, -0.15) is 0 Å². The van der Waals surface area contributed by atoms with E-state index in [1.165, 1.54) is 0 Å². The molecular weight excluding hydrogens is 328 g/mol. The average Bonchev–Trinajstić information content (AvgIpc) is 2.55. The van der Waals surface area contributed by atoms with Gasteiger partial charge in [0, 0.05) is 5.56 Å². The van der Waals surface area contributed by atoms with Gasteiger partial charge in [-0.05, 0) is 38.3 Å². The van der Waals surface area contributed by atoms with Gasteiger partial charge in [0.1, 0.15) is 17.4 Å². The van der Waals surface area contributed by atoms with Crippen LogP contribution in [-0.4, -0.2) is 10.6 Å². The number of alkyl halides is 1. The molecule has 106 valence electrons. The van der Waals surface area contributed by atoms with Gasteiger partial charge in [0.2, 0.25) is 0 Å². The fraction of sp³-hybridized carbons (Fsp3) is 0.111. The maximum Gasteiger partial charge on any atom is 0.143 e. The first-order chi connectivity index (χ1) is 10.3. The quantitative estimate of drug-likeness (QED) is 0.699. The maximum atomic E-state index is 10.8. The highest BCUT2D eigenvalue weighted by molar-refractivity contribution is 9.09. The number of aliphatic hydroxyl groups is 1. The van der Waals surface area contributed by atoms with Crippen LogP contribution in [-0.2, 0) is 0 Å². The molecule has 0 heterocycles. The smallest absolute Gasteiger partial charge is 0.143 e. The molecule has 3 rings (SSSR count). The molecule has 0 aromatic heterocycles. The summed E-state index contributed by atoms with van der Waals surface area (Å²) in [5.41, 5.74) is 2.05. The van der Waals surface area contributed by atoms with Crippen molar-refractivity contribution < 1.29 is 9.84 Å². The lowest BCUT2D eigenvalue weighted by Crippen LogP contribution is -2.04. The molecule has 21 heavy (non-hydrogen) atoms. The third-order valence-electron chi connectivity index (χ3n) is 3.53. The average molecular weight is 343 g/mol. The van der Waals surface area contributed by atoms with Crippen LogP contribution in [0.3, 0.4) is 0 Å². The van der Waals surface area contributed by atoms with E-state index in [1.54, 1.807) is 0 Å². The Bertz CT molecular complexity index is 741. The van der Waals surface area contributed by atoms with Crippen LogP contribution in [0.2, 0.25) is 0 Å². The maximum absolute atomic E-state index is 10.8. The summed E-state index contributed by atoms with van der Waals surface area (Å²) in [7, 11) is 0. The number of rotatable bonds is 4. The molecule has 0 saturated carbocycles. The molecule has 0 radical (unpaired) electrons. The summed E-state index contributed by atoms with van der Waals surface area (Å²) in [6, 6.07) is 21.6. The largest absolute Gasteiger partial charge is 0.482 e. The van der Waals surface area contributed by atoms with Gasteiger partial charge < -0.3 is 9.84 Å². The van der Waals surface area contributed by atoms with Crippen LogP contribution in [0.1, 0.15) is 17.2 Å². The Morgan fingerprint density at radius 2 is 1.62 bits per heavy atom. The zero-order valence-corrected chi connectivity index (χ0v) is 13.0. The predicted molar refractivity (Wildman–Crippen MR) is 88.9 cm³/mol. The van der Waals surface area contributed by atoms with Gasteiger partial charge in [-0.1, -0.05) is 60.7 Å². The number of benzene rings is 3. The van der Waals surface area contributed by atoms with Crippen molar-refractivity contribution in [1.82, 2.24) is 0 Å². The number of aliphatic hydroxyl groups excluding tert-OH is 1. The summed E-state index contributed by atoms with van der Waals surface area (Å²) in [6.07, 6.45) is -0.716. The van der Waals surface area contributed by atoms with Gasteiger partial charge in [-0.3, -0.25) is 0 Å². The van der Waals surface area contributed by atoms with E-state index in [4.69, 9.17) is 4.74 Å². The van der Waals surface area contributed by atoms with Crippen LogP contribution in [0.15, 0.2) is 66.7 Å². The van der Waals surface area contributed by atoms with Gasteiger partial charge in [-0.15, -0.1) is 0 Å². The minimum absolute atomic E-state index is 0.389. The summed E-state index contributed by atoms with van der Waals surface area (Å²) in [6.45, 7) is 0. The van der Waals surface area contributed by atoms with E-state index in [2.05, 4.69) is 15.9 Å². The van der Waals surface area contributed by atoms with Crippen molar-refractivity contribution in [3.63, 3.8) is 0 Å². The highest BCUT2D eigenvalue weighted by Crippen LogP contribution is 2.36. The van der Waals surface area contributed by atoms with Gasteiger partial charge >= 0.3 is 0 Å². The van der Waals surface area contributed by atoms with Crippen LogP contribution < -0.4 is 4.74 Å². The summed E-state index contributed by atoms with van der Waals surface area (Å²) in [5, 5.41) is 12.9. The van der Waals surface area contributed by atoms with E-state index in [1.807, 2.05) is 66.7 Å². The molecule has 0 aliphatic rings. The van der Waals surface area contributed by atoms with Crippen LogP contribution in [0.5, 0.6) is 5.75 Å². The molecule has 3 aromatic carbocycles. The number of hydrogen-bond acceptors (Lipinski definition) is 2. The third-order valence-corrected chi connectivity index (χ3v) is 3.76. The second-order valence-electron chi connectivity index (χ2n) is 4.77. The zero-order chi connectivity index (χ0) is 14.7. The Balaban J connectivity index is 2.20. The highest BCUT2D eigenvalue weighted by atomic mass is 79.9. The fourth-order valence-corrected chi connectivity index (χ4v) is 2.79. The fourth-order valence-electron chi connectivity index (χ4n) is 2.54. The number of hydrogen-bond donors (Lipinski definition) is 1. The molecule has 1 unspecified atom stereocenters. The first-order valence-electron chi connectivity index (χ1n) is 6.74. The molecule has 0 aliphatic heterocycles. The Hall–Kier alpha value is -1.84. The first kappa shape index (κ1) is 14.1. The molecule has 1 N–H and O–H groups in total. The van der Waals surface area contributed by atoms with E-state index in [0.717, 1.165) is 21.9 Å². The topological polar surface area (TPSA) is 29.5 Å². The van der Waals surface area contributed by atoms with Crippen molar-refractivity contribution in [3.8, 4) is 5.75 Å². The first-order valence-corrected chi connectivity index (χ1v) is 7.87. The molecule has 0 saturated heterocycles. The van der Waals surface area contributed by atoms with E-state index >= 15 is 0 Å². The lowest BCUT2D eigenvalue weighted by molar-refractivity contribution is 0.216. The second-order valence-corrected chi connectivity index (χ2v) is 5.22. The molecule has 0 amide bonds. The predicted octanol–water partition coefficient (Wildman–Crippen LogP) is 4.65. The van der Waals surface area contributed by atoms with Gasteiger partial charge in [0.15, 0.2) is 0 Å². The Morgan fingerprint density at radius 3 is 2.38 bits per heavy atom. The van der Waals surface area contributed by atoms with E-state index in [-0.39, 0.29) is 0 Å². The minimum Gasteiger partial charge on any atom is -0.482 e. The minimum atomic E-state index is -0.716. The number of fused-ring (bicyclic) bond motifs is 1. The molecule has 0 spiro atoms. The molecule has 1 atom stereocenters. The van der Waals surface area contributed by atoms with Crippen molar-refractivity contribution in [3.05, 3.63) is 77.9 Å². The van der Waals surface area contributed by atoms with E-state index in [0.29, 0.717) is 11.3 Å². The SMILES string of the molecule is OC(c1ccccc1)c1c(OCBr)ccc2ccccc12. The summed E-state index contributed by atoms with van der Waals surface area (Å²) in [4.78, 5) is 0. The second kappa shape index (κ2) is 6.29. The molecule has 0 fully saturated rings. The zero-order valence-electron chi connectivity index (χ0n) is 11.4. The summed E-state index contributed by atoms with van der Waals surface area (Å²) in [5.74, 6) is 0.696. The summed E-state index contributed by atoms with van der Waals surface area (Å²) >= 11 is 3.29. The normalized spacial score (nSPS) is 12.3. The van der Waals surface area contributed by atoms with Crippen molar-refractivity contribution in [2.24, 2.45) is 0 Å². The van der Waals surface area contributed by atoms with E-state index in [9.17, 15) is 5.11 Å². The van der Waals surface area contributed by atoms with Crippen LogP contribution in [0.25, 0.3) is 10.8 Å². The van der Waals surface area contributed by atoms with Crippen molar-refractivity contribution in [2.45, 2.75) is 6.10 Å². The Labute approximate surface area is 132 Å². The van der Waals surface area contributed by atoms with Crippen molar-refractivity contribution >= 4 is 26.7 Å². The number of halogens is 1. The van der Waals surface area contributed by atoms with Gasteiger partial charge in [0.25, 0.3) is 0 Å². The van der Waals surface area contributed by atoms with Crippen LogP contribution in [0, 0.1) is 0 Å². The van der Waals surface area contributed by atoms with E-state index < -0.39 is 6.10 Å². The molecule has 2 nitrogen and oxygen atoms in total. The van der Waals surface area contributed by atoms with Crippen molar-refractivity contribution in [1.29, 1.82) is 0 Å². The lowest BCUT2D eigenvalue weighted by atomic mass is 9.95. The van der Waals surface area contributed by atoms with Gasteiger partial charge in [0.05, 0.1) is 0 Å². The third kappa shape index (κ3) is 2.80. The standard InChI is InChI=1S/C18H15BrO2/c19-12-21-16-11-10-13-6-4-5-9-15(13)17(16)18(20)14-7-2-1-3-8-14/h1-11,18,20H,12H2. The lowest BCUT2D eigenvalue weighted by Gasteiger charge is -2.18. The van der Waals surface area contributed by atoms with Gasteiger partial charge in [-0.25, -0.2) is 0 Å². The molecule has 3 heteroatoms. The number of ether oxygens (including phenoxy) is 1. The molecule has 0 bridgehead atoms. The molecular formula is C18H15BrO2. The van der Waals surface area contributed by atoms with Crippen LogP contribution in [0.4, 0.5) is 0 Å². The highest BCUT2D eigenvalue weighted by Gasteiger charge is 2.18. The molecule has 3 aromatic rings.